The summed E-state index contributed by atoms with van der Waals surface area (Å²) in [6.45, 7) is 7.17. The number of rotatable bonds is 11. The van der Waals surface area contributed by atoms with Crippen LogP contribution in [0.4, 0.5) is 21.8 Å². The van der Waals surface area contributed by atoms with Gasteiger partial charge in [0.15, 0.2) is 11.6 Å². The number of aliphatic carboxylic acids is 1. The molecular formula is C32H35FN6O4. The molecular weight excluding hydrogens is 551 g/mol. The van der Waals surface area contributed by atoms with Crippen LogP contribution in [0.3, 0.4) is 0 Å². The Bertz CT molecular complexity index is 1580. The number of nitrogens with zero attached hydrogens (tertiary/aromatic N) is 5. The molecule has 2 N–H and O–H groups in total. The van der Waals surface area contributed by atoms with Gasteiger partial charge in [0.05, 0.1) is 31.0 Å². The number of pyridine rings is 2. The predicted molar refractivity (Wildman–Crippen MR) is 161 cm³/mol. The molecule has 0 bridgehead atoms. The minimum absolute atomic E-state index is 0.0977. The van der Waals surface area contributed by atoms with Gasteiger partial charge < -0.3 is 24.8 Å². The topological polar surface area (TPSA) is 123 Å². The zero-order valence-corrected chi connectivity index (χ0v) is 24.5. The van der Waals surface area contributed by atoms with E-state index >= 15 is 0 Å². The maximum Gasteiger partial charge on any atom is 0.309 e. The van der Waals surface area contributed by atoms with Crippen molar-refractivity contribution in [1.29, 1.82) is 0 Å². The number of carbonyl (C=O) groups is 1. The normalized spacial score (nSPS) is 15.2. The highest BCUT2D eigenvalue weighted by molar-refractivity contribution is 5.74. The van der Waals surface area contributed by atoms with Gasteiger partial charge in [0.1, 0.15) is 29.3 Å². The number of ether oxygens (including phenoxy) is 2. The first kappa shape index (κ1) is 29.7. The van der Waals surface area contributed by atoms with Gasteiger partial charge in [0, 0.05) is 18.3 Å². The molecule has 4 aromatic rings. The van der Waals surface area contributed by atoms with Crippen LogP contribution >= 0.6 is 0 Å². The van der Waals surface area contributed by atoms with Crippen LogP contribution < -0.4 is 19.7 Å². The minimum atomic E-state index is -0.955. The number of carboxylic acid groups (broad SMARTS) is 1. The number of aromatic nitrogens is 4. The first-order chi connectivity index (χ1) is 20.7. The fourth-order valence-corrected chi connectivity index (χ4v) is 4.96. The lowest BCUT2D eigenvalue weighted by Crippen LogP contribution is -2.41. The molecule has 1 aliphatic heterocycles. The SMILES string of the molecule is CCOc1cccnc1O[C@@H]1CCCN(c2cncc(Nc3ccc(F)c(-c4cccc(CC(C)(C)C(=O)O)c4)n3)n2)C1. The number of piperidine rings is 1. The highest BCUT2D eigenvalue weighted by Crippen LogP contribution is 2.30. The molecule has 1 saturated heterocycles. The lowest BCUT2D eigenvalue weighted by Gasteiger charge is -2.33. The summed E-state index contributed by atoms with van der Waals surface area (Å²) >= 11 is 0. The number of halogens is 1. The fraction of sp³-hybridized carbons (Fsp3) is 0.344. The lowest BCUT2D eigenvalue weighted by atomic mass is 9.85. The van der Waals surface area contributed by atoms with Crippen LogP contribution in [0.15, 0.2) is 67.1 Å². The molecule has 1 aliphatic rings. The van der Waals surface area contributed by atoms with E-state index in [1.807, 2.05) is 25.1 Å². The van der Waals surface area contributed by atoms with Crippen molar-refractivity contribution in [2.45, 2.75) is 46.1 Å². The Balaban J connectivity index is 1.30. The predicted octanol–water partition coefficient (Wildman–Crippen LogP) is 5.92. The maximum absolute atomic E-state index is 14.9. The number of hydrogen-bond donors (Lipinski definition) is 2. The van der Waals surface area contributed by atoms with E-state index in [1.165, 1.54) is 12.1 Å². The molecule has 0 saturated carbocycles. The molecule has 224 valence electrons. The quantitative estimate of drug-likeness (QED) is 0.219. The summed E-state index contributed by atoms with van der Waals surface area (Å²) in [7, 11) is 0. The van der Waals surface area contributed by atoms with Gasteiger partial charge in [-0.3, -0.25) is 9.78 Å². The first-order valence-electron chi connectivity index (χ1n) is 14.3. The van der Waals surface area contributed by atoms with Gasteiger partial charge >= 0.3 is 5.97 Å². The maximum atomic E-state index is 14.9. The molecule has 1 fully saturated rings. The standard InChI is InChI=1S/C32H35FN6O4/c1-4-42-25-11-6-14-35-30(25)43-23-10-7-15-39(20-23)28-19-34-18-27(37-28)36-26-13-12-24(33)29(38-26)22-9-5-8-21(16-22)17-32(2,3)31(40)41/h5-6,8-9,11-14,16,18-19,23H,4,7,10,15,17,20H2,1-3H3,(H,40,41)(H,36,37,38)/t23-/m1/s1. The zero-order chi connectivity index (χ0) is 30.4. The van der Waals surface area contributed by atoms with Gasteiger partial charge in [0.25, 0.3) is 5.88 Å². The van der Waals surface area contributed by atoms with E-state index in [2.05, 4.69) is 25.2 Å². The number of hydrogen-bond acceptors (Lipinski definition) is 9. The number of carboxylic acids is 1. The summed E-state index contributed by atoms with van der Waals surface area (Å²) < 4.78 is 26.8. The molecule has 3 aromatic heterocycles. The molecule has 0 spiro atoms. The molecule has 0 aliphatic carbocycles. The van der Waals surface area contributed by atoms with Gasteiger partial charge in [-0.25, -0.2) is 19.3 Å². The molecule has 4 heterocycles. The van der Waals surface area contributed by atoms with E-state index < -0.39 is 17.2 Å². The molecule has 0 amide bonds. The Kier molecular flexibility index (Phi) is 8.98. The number of nitrogens with one attached hydrogen (secondary N) is 1. The molecule has 10 nitrogen and oxygen atoms in total. The van der Waals surface area contributed by atoms with Gasteiger partial charge in [-0.05, 0) is 75.9 Å². The third-order valence-corrected chi connectivity index (χ3v) is 7.17. The largest absolute Gasteiger partial charge is 0.488 e. The second-order valence-electron chi connectivity index (χ2n) is 11.0. The van der Waals surface area contributed by atoms with Crippen molar-refractivity contribution in [1.82, 2.24) is 19.9 Å². The Hall–Kier alpha value is -4.80. The van der Waals surface area contributed by atoms with Crippen LogP contribution in [0.1, 0.15) is 39.2 Å². The van der Waals surface area contributed by atoms with Crippen LogP contribution in [0.25, 0.3) is 11.3 Å². The molecule has 11 heteroatoms. The van der Waals surface area contributed by atoms with E-state index in [1.54, 1.807) is 50.6 Å². The molecule has 43 heavy (non-hydrogen) atoms. The van der Waals surface area contributed by atoms with Gasteiger partial charge in [-0.2, -0.15) is 0 Å². The third-order valence-electron chi connectivity index (χ3n) is 7.17. The fourth-order valence-electron chi connectivity index (χ4n) is 4.96. The Morgan fingerprint density at radius 1 is 1.14 bits per heavy atom. The van der Waals surface area contributed by atoms with Crippen LogP contribution in [-0.4, -0.2) is 56.8 Å². The lowest BCUT2D eigenvalue weighted by molar-refractivity contribution is -0.146. The van der Waals surface area contributed by atoms with Gasteiger partial charge in [-0.1, -0.05) is 18.2 Å². The summed E-state index contributed by atoms with van der Waals surface area (Å²) in [6, 6.07) is 13.7. The van der Waals surface area contributed by atoms with Crippen LogP contribution in [0, 0.1) is 11.2 Å². The third kappa shape index (κ3) is 7.35. The average molecular weight is 587 g/mol. The van der Waals surface area contributed by atoms with E-state index in [4.69, 9.17) is 14.5 Å². The Morgan fingerprint density at radius 2 is 2.00 bits per heavy atom. The van der Waals surface area contributed by atoms with Gasteiger partial charge in [-0.15, -0.1) is 0 Å². The summed E-state index contributed by atoms with van der Waals surface area (Å²) in [4.78, 5) is 31.7. The summed E-state index contributed by atoms with van der Waals surface area (Å²) in [5.41, 5.74) is 0.535. The summed E-state index contributed by atoms with van der Waals surface area (Å²) in [5.74, 6) is 1.26. The zero-order valence-electron chi connectivity index (χ0n) is 24.5. The first-order valence-corrected chi connectivity index (χ1v) is 14.3. The summed E-state index contributed by atoms with van der Waals surface area (Å²) in [5, 5.41) is 12.7. The highest BCUT2D eigenvalue weighted by Gasteiger charge is 2.28. The van der Waals surface area contributed by atoms with Crippen molar-refractivity contribution in [2.24, 2.45) is 5.41 Å². The van der Waals surface area contributed by atoms with E-state index in [0.717, 1.165) is 24.9 Å². The van der Waals surface area contributed by atoms with Crippen molar-refractivity contribution in [3.63, 3.8) is 0 Å². The second-order valence-corrected chi connectivity index (χ2v) is 11.0. The van der Waals surface area contributed by atoms with E-state index in [0.29, 0.717) is 54.2 Å². The molecule has 1 atom stereocenters. The molecule has 0 radical (unpaired) electrons. The van der Waals surface area contributed by atoms with E-state index in [-0.39, 0.29) is 11.8 Å². The van der Waals surface area contributed by atoms with Crippen molar-refractivity contribution >= 4 is 23.4 Å². The van der Waals surface area contributed by atoms with Crippen LogP contribution in [0.2, 0.25) is 0 Å². The van der Waals surface area contributed by atoms with Crippen LogP contribution in [0.5, 0.6) is 11.6 Å². The molecule has 0 unspecified atom stereocenters. The van der Waals surface area contributed by atoms with Crippen LogP contribution in [-0.2, 0) is 11.2 Å². The van der Waals surface area contributed by atoms with E-state index in [9.17, 15) is 14.3 Å². The van der Waals surface area contributed by atoms with Crippen molar-refractivity contribution in [3.05, 3.63) is 78.5 Å². The number of benzene rings is 1. The summed E-state index contributed by atoms with van der Waals surface area (Å²) in [6.07, 6.45) is 6.96. The van der Waals surface area contributed by atoms with Gasteiger partial charge in [0.2, 0.25) is 0 Å². The average Bonchev–Trinajstić information content (AvgIpc) is 2.99. The second kappa shape index (κ2) is 13.0. The van der Waals surface area contributed by atoms with Crippen molar-refractivity contribution in [2.75, 3.05) is 29.9 Å². The van der Waals surface area contributed by atoms with Crippen molar-refractivity contribution in [3.8, 4) is 22.9 Å². The molecule has 1 aromatic carbocycles. The smallest absolute Gasteiger partial charge is 0.309 e. The Labute approximate surface area is 250 Å². The monoisotopic (exact) mass is 586 g/mol. The van der Waals surface area contributed by atoms with Crippen molar-refractivity contribution < 1.29 is 23.8 Å². The molecule has 5 rings (SSSR count). The minimum Gasteiger partial charge on any atom is -0.488 e. The number of anilines is 3. The Morgan fingerprint density at radius 3 is 2.81 bits per heavy atom. The highest BCUT2D eigenvalue weighted by atomic mass is 19.1.